The maximum Gasteiger partial charge on any atom is 0.332 e. The van der Waals surface area contributed by atoms with Crippen LogP contribution in [0, 0.1) is 5.92 Å². The third-order valence-electron chi connectivity index (χ3n) is 4.11. The van der Waals surface area contributed by atoms with E-state index in [1.807, 2.05) is 0 Å². The molecular formula is C15H18N4O4. The van der Waals surface area contributed by atoms with E-state index in [0.717, 1.165) is 17.6 Å². The van der Waals surface area contributed by atoms with Gasteiger partial charge < -0.3 is 10.1 Å². The van der Waals surface area contributed by atoms with Crippen LogP contribution in [0.3, 0.4) is 0 Å². The average Bonchev–Trinajstić information content (AvgIpc) is 3.08. The number of amides is 1. The third kappa shape index (κ3) is 2.77. The number of carbonyl (C=O) groups excluding carboxylic acids is 1. The van der Waals surface area contributed by atoms with Crippen LogP contribution < -0.4 is 16.6 Å². The van der Waals surface area contributed by atoms with E-state index in [2.05, 4.69) is 10.3 Å². The van der Waals surface area contributed by atoms with Crippen LogP contribution in [0.25, 0.3) is 11.0 Å². The molecule has 1 aliphatic heterocycles. The summed E-state index contributed by atoms with van der Waals surface area (Å²) in [5.41, 5.74) is -0.518. The average molecular weight is 318 g/mol. The van der Waals surface area contributed by atoms with Gasteiger partial charge in [0.1, 0.15) is 11.3 Å². The van der Waals surface area contributed by atoms with Crippen LogP contribution in [0.1, 0.15) is 16.9 Å². The molecule has 1 unspecified atom stereocenters. The monoisotopic (exact) mass is 318 g/mol. The van der Waals surface area contributed by atoms with Gasteiger partial charge in [0.2, 0.25) is 0 Å². The second-order valence-electron chi connectivity index (χ2n) is 5.71. The van der Waals surface area contributed by atoms with Crippen LogP contribution >= 0.6 is 0 Å². The number of rotatable bonds is 3. The molecule has 0 radical (unpaired) electrons. The molecule has 23 heavy (non-hydrogen) atoms. The molecule has 8 heteroatoms. The second kappa shape index (κ2) is 5.96. The molecule has 1 aliphatic rings. The van der Waals surface area contributed by atoms with Gasteiger partial charge in [-0.05, 0) is 18.6 Å². The number of ether oxygens (including phenoxy) is 1. The number of carbonyl (C=O) groups is 1. The van der Waals surface area contributed by atoms with Crippen molar-refractivity contribution in [2.24, 2.45) is 20.0 Å². The fraction of sp³-hybridized carbons (Fsp3) is 0.467. The van der Waals surface area contributed by atoms with Crippen LogP contribution in [0.2, 0.25) is 0 Å². The first-order valence-electron chi connectivity index (χ1n) is 7.41. The molecule has 2 aromatic rings. The summed E-state index contributed by atoms with van der Waals surface area (Å²) in [7, 11) is 2.93. The van der Waals surface area contributed by atoms with Crippen LogP contribution in [0.5, 0.6) is 0 Å². The molecule has 3 heterocycles. The van der Waals surface area contributed by atoms with Gasteiger partial charge in [0.25, 0.3) is 11.5 Å². The highest BCUT2D eigenvalue weighted by molar-refractivity contribution is 5.94. The van der Waals surface area contributed by atoms with E-state index in [-0.39, 0.29) is 17.2 Å². The van der Waals surface area contributed by atoms with Crippen molar-refractivity contribution in [2.45, 2.75) is 6.42 Å². The van der Waals surface area contributed by atoms with Crippen molar-refractivity contribution in [1.82, 2.24) is 19.4 Å². The predicted molar refractivity (Wildman–Crippen MR) is 83.5 cm³/mol. The van der Waals surface area contributed by atoms with Gasteiger partial charge in [0, 0.05) is 33.2 Å². The molecule has 8 nitrogen and oxygen atoms in total. The summed E-state index contributed by atoms with van der Waals surface area (Å²) >= 11 is 0. The number of fused-ring (bicyclic) bond motifs is 1. The summed E-state index contributed by atoms with van der Waals surface area (Å²) in [4.78, 5) is 40.4. The zero-order valence-corrected chi connectivity index (χ0v) is 13.0. The first kappa shape index (κ1) is 15.4. The quantitative estimate of drug-likeness (QED) is 0.815. The highest BCUT2D eigenvalue weighted by Crippen LogP contribution is 2.11. The van der Waals surface area contributed by atoms with Gasteiger partial charge in [-0.2, -0.15) is 0 Å². The summed E-state index contributed by atoms with van der Waals surface area (Å²) in [5, 5.41) is 3.11. The van der Waals surface area contributed by atoms with Crippen LogP contribution in [0.15, 0.2) is 21.7 Å². The van der Waals surface area contributed by atoms with Crippen molar-refractivity contribution in [3.05, 3.63) is 38.7 Å². The molecule has 0 aliphatic carbocycles. The number of nitrogens with zero attached hydrogens (tertiary/aromatic N) is 3. The van der Waals surface area contributed by atoms with Crippen LogP contribution in [0.4, 0.5) is 0 Å². The van der Waals surface area contributed by atoms with Gasteiger partial charge in [0.05, 0.1) is 12.0 Å². The topological polar surface area (TPSA) is 95.2 Å². The smallest absolute Gasteiger partial charge is 0.332 e. The zero-order chi connectivity index (χ0) is 16.6. The Labute approximate surface area is 131 Å². The van der Waals surface area contributed by atoms with E-state index in [0.29, 0.717) is 24.5 Å². The Morgan fingerprint density at radius 1 is 1.35 bits per heavy atom. The SMILES string of the molecule is Cn1c(=O)c2ccc(C(=O)NCC3CCOC3)nc2n(C)c1=O. The summed E-state index contributed by atoms with van der Waals surface area (Å²) in [5.74, 6) is -0.0111. The minimum Gasteiger partial charge on any atom is -0.381 e. The van der Waals surface area contributed by atoms with Crippen molar-refractivity contribution in [3.8, 4) is 0 Å². The molecule has 0 spiro atoms. The third-order valence-corrected chi connectivity index (χ3v) is 4.11. The minimum atomic E-state index is -0.476. The van der Waals surface area contributed by atoms with E-state index in [9.17, 15) is 14.4 Å². The lowest BCUT2D eigenvalue weighted by atomic mass is 10.1. The van der Waals surface area contributed by atoms with Crippen LogP contribution in [-0.2, 0) is 18.8 Å². The Balaban J connectivity index is 1.92. The van der Waals surface area contributed by atoms with Crippen molar-refractivity contribution >= 4 is 16.9 Å². The summed E-state index contributed by atoms with van der Waals surface area (Å²) in [6.45, 7) is 1.89. The molecule has 1 N–H and O–H groups in total. The molecular weight excluding hydrogens is 300 g/mol. The van der Waals surface area contributed by atoms with Crippen LogP contribution in [-0.4, -0.2) is 39.8 Å². The fourth-order valence-corrected chi connectivity index (χ4v) is 2.65. The highest BCUT2D eigenvalue weighted by Gasteiger charge is 2.18. The number of aryl methyl sites for hydroxylation is 1. The fourth-order valence-electron chi connectivity index (χ4n) is 2.65. The van der Waals surface area contributed by atoms with Crippen molar-refractivity contribution in [3.63, 3.8) is 0 Å². The lowest BCUT2D eigenvalue weighted by Crippen LogP contribution is -2.37. The molecule has 1 amide bonds. The Hall–Kier alpha value is -2.48. The second-order valence-corrected chi connectivity index (χ2v) is 5.71. The molecule has 0 aromatic carbocycles. The van der Waals surface area contributed by atoms with Crippen molar-refractivity contribution < 1.29 is 9.53 Å². The molecule has 1 atom stereocenters. The zero-order valence-electron chi connectivity index (χ0n) is 13.0. The normalized spacial score (nSPS) is 17.6. The molecule has 2 aromatic heterocycles. The van der Waals surface area contributed by atoms with E-state index < -0.39 is 11.2 Å². The lowest BCUT2D eigenvalue weighted by molar-refractivity contribution is 0.0940. The highest BCUT2D eigenvalue weighted by atomic mass is 16.5. The number of aromatic nitrogens is 3. The molecule has 0 saturated carbocycles. The minimum absolute atomic E-state index is 0.180. The molecule has 0 bridgehead atoms. The first-order valence-corrected chi connectivity index (χ1v) is 7.41. The van der Waals surface area contributed by atoms with Gasteiger partial charge in [-0.25, -0.2) is 9.78 Å². The van der Waals surface area contributed by atoms with Gasteiger partial charge in [0.15, 0.2) is 0 Å². The lowest BCUT2D eigenvalue weighted by Gasteiger charge is -2.10. The van der Waals surface area contributed by atoms with Gasteiger partial charge >= 0.3 is 5.69 Å². The summed E-state index contributed by atoms with van der Waals surface area (Å²) in [6.07, 6.45) is 0.927. The maximum absolute atomic E-state index is 12.2. The van der Waals surface area contributed by atoms with E-state index in [1.165, 1.54) is 30.8 Å². The predicted octanol–water partition coefficient (Wildman–Crippen LogP) is -0.601. The van der Waals surface area contributed by atoms with E-state index in [4.69, 9.17) is 4.74 Å². The van der Waals surface area contributed by atoms with E-state index in [1.54, 1.807) is 0 Å². The Bertz CT molecular complexity index is 877. The number of hydrogen-bond acceptors (Lipinski definition) is 5. The molecule has 1 fully saturated rings. The standard InChI is InChI=1S/C15H18N4O4/c1-18-12-10(14(21)19(2)15(18)22)3-4-11(17-12)13(20)16-7-9-5-6-23-8-9/h3-4,9H,5-8H2,1-2H3,(H,16,20). The first-order chi connectivity index (χ1) is 11.0. The summed E-state index contributed by atoms with van der Waals surface area (Å²) < 4.78 is 7.54. The Morgan fingerprint density at radius 3 is 2.83 bits per heavy atom. The van der Waals surface area contributed by atoms with Crippen molar-refractivity contribution in [2.75, 3.05) is 19.8 Å². The van der Waals surface area contributed by atoms with Gasteiger partial charge in [-0.1, -0.05) is 0 Å². The number of nitrogens with one attached hydrogen (secondary N) is 1. The maximum atomic E-state index is 12.2. The van der Waals surface area contributed by atoms with Gasteiger partial charge in [-0.15, -0.1) is 0 Å². The molecule has 122 valence electrons. The number of pyridine rings is 1. The Morgan fingerprint density at radius 2 is 2.13 bits per heavy atom. The molecule has 1 saturated heterocycles. The molecule has 3 rings (SSSR count). The number of hydrogen-bond donors (Lipinski definition) is 1. The van der Waals surface area contributed by atoms with Gasteiger partial charge in [-0.3, -0.25) is 18.7 Å². The Kier molecular flexibility index (Phi) is 3.99. The van der Waals surface area contributed by atoms with E-state index >= 15 is 0 Å². The summed E-state index contributed by atoms with van der Waals surface area (Å²) in [6, 6.07) is 3.02. The largest absolute Gasteiger partial charge is 0.381 e. The van der Waals surface area contributed by atoms with Crippen molar-refractivity contribution in [1.29, 1.82) is 0 Å².